The molecule has 4 nitrogen and oxygen atoms in total. The summed E-state index contributed by atoms with van der Waals surface area (Å²) in [6, 6.07) is 1.92. The van der Waals surface area contributed by atoms with Crippen molar-refractivity contribution in [3.63, 3.8) is 0 Å². The van der Waals surface area contributed by atoms with Gasteiger partial charge in [-0.15, -0.1) is 0 Å². The molecule has 2 rings (SSSR count). The number of nitrogens with zero attached hydrogens (tertiary/aromatic N) is 3. The summed E-state index contributed by atoms with van der Waals surface area (Å²) < 4.78 is 5.20. The third-order valence-corrected chi connectivity index (χ3v) is 2.10. The first kappa shape index (κ1) is 12.4. The van der Waals surface area contributed by atoms with Gasteiger partial charge in [-0.25, -0.2) is 15.0 Å². The van der Waals surface area contributed by atoms with Crippen molar-refractivity contribution in [3.05, 3.63) is 23.8 Å². The SMILES string of the molecule is CC.COc1nc(C)cc2ncnc(C)c12. The van der Waals surface area contributed by atoms with E-state index in [1.807, 2.05) is 33.8 Å². The van der Waals surface area contributed by atoms with Crippen molar-refractivity contribution >= 4 is 10.9 Å². The van der Waals surface area contributed by atoms with Gasteiger partial charge in [-0.3, -0.25) is 0 Å². The Labute approximate surface area is 95.7 Å². The molecule has 0 atom stereocenters. The molecule has 0 saturated carbocycles. The summed E-state index contributed by atoms with van der Waals surface area (Å²) in [5.74, 6) is 0.595. The lowest BCUT2D eigenvalue weighted by Gasteiger charge is -2.06. The first-order valence-electron chi connectivity index (χ1n) is 5.35. The topological polar surface area (TPSA) is 47.9 Å². The average molecular weight is 219 g/mol. The van der Waals surface area contributed by atoms with Crippen LogP contribution in [0.1, 0.15) is 25.2 Å². The molecule has 0 saturated heterocycles. The second kappa shape index (κ2) is 5.39. The third kappa shape index (κ3) is 2.27. The lowest BCUT2D eigenvalue weighted by Crippen LogP contribution is -1.96. The molecule has 2 aromatic rings. The minimum atomic E-state index is 0.595. The van der Waals surface area contributed by atoms with Crippen LogP contribution in [0.5, 0.6) is 5.88 Å². The molecule has 0 unspecified atom stereocenters. The molecule has 0 aliphatic heterocycles. The Morgan fingerprint density at radius 3 is 2.44 bits per heavy atom. The molecule has 0 amide bonds. The van der Waals surface area contributed by atoms with Gasteiger partial charge < -0.3 is 4.74 Å². The summed E-state index contributed by atoms with van der Waals surface area (Å²) in [5.41, 5.74) is 2.66. The number of hydrogen-bond donors (Lipinski definition) is 0. The zero-order chi connectivity index (χ0) is 12.1. The van der Waals surface area contributed by atoms with Crippen molar-refractivity contribution in [2.24, 2.45) is 0 Å². The number of aromatic nitrogens is 3. The van der Waals surface area contributed by atoms with Crippen molar-refractivity contribution in [1.82, 2.24) is 15.0 Å². The predicted octanol–water partition coefficient (Wildman–Crippen LogP) is 2.68. The fourth-order valence-corrected chi connectivity index (χ4v) is 1.46. The van der Waals surface area contributed by atoms with E-state index >= 15 is 0 Å². The third-order valence-electron chi connectivity index (χ3n) is 2.10. The zero-order valence-corrected chi connectivity index (χ0v) is 10.4. The van der Waals surface area contributed by atoms with E-state index in [0.717, 1.165) is 22.3 Å². The van der Waals surface area contributed by atoms with Gasteiger partial charge in [-0.2, -0.15) is 0 Å². The Kier molecular flexibility index (Phi) is 4.17. The Hall–Kier alpha value is -1.71. The Morgan fingerprint density at radius 2 is 1.81 bits per heavy atom. The standard InChI is InChI=1S/C10H11N3O.C2H6/c1-6-4-8-9(10(13-6)14-3)7(2)11-5-12-8;1-2/h4-5H,1-3H3;1-2H3. The van der Waals surface area contributed by atoms with Crippen LogP contribution in [0.15, 0.2) is 12.4 Å². The molecule has 0 aliphatic rings. The summed E-state index contributed by atoms with van der Waals surface area (Å²) in [4.78, 5) is 12.6. The largest absolute Gasteiger partial charge is 0.480 e. The monoisotopic (exact) mass is 219 g/mol. The predicted molar refractivity (Wildman–Crippen MR) is 64.7 cm³/mol. The maximum atomic E-state index is 5.20. The molecule has 0 aliphatic carbocycles. The van der Waals surface area contributed by atoms with Gasteiger partial charge in [0.15, 0.2) is 0 Å². The first-order valence-corrected chi connectivity index (χ1v) is 5.35. The van der Waals surface area contributed by atoms with E-state index < -0.39 is 0 Å². The second-order valence-corrected chi connectivity index (χ2v) is 3.13. The Balaban J connectivity index is 0.000000606. The summed E-state index contributed by atoms with van der Waals surface area (Å²) in [5, 5.41) is 0.889. The maximum Gasteiger partial charge on any atom is 0.224 e. The average Bonchev–Trinajstić information content (AvgIpc) is 2.30. The summed E-state index contributed by atoms with van der Waals surface area (Å²) in [6.07, 6.45) is 1.55. The number of pyridine rings is 1. The van der Waals surface area contributed by atoms with Gasteiger partial charge in [0.05, 0.1) is 23.7 Å². The number of fused-ring (bicyclic) bond motifs is 1. The van der Waals surface area contributed by atoms with Crippen molar-refractivity contribution in [3.8, 4) is 5.88 Å². The first-order chi connectivity index (χ1) is 7.72. The van der Waals surface area contributed by atoms with E-state index in [9.17, 15) is 0 Å². The van der Waals surface area contributed by atoms with Crippen LogP contribution in [0.3, 0.4) is 0 Å². The molecule has 2 aromatic heterocycles. The molecule has 86 valence electrons. The van der Waals surface area contributed by atoms with Crippen molar-refractivity contribution in [2.75, 3.05) is 7.11 Å². The summed E-state index contributed by atoms with van der Waals surface area (Å²) in [7, 11) is 1.60. The summed E-state index contributed by atoms with van der Waals surface area (Å²) >= 11 is 0. The number of aryl methyl sites for hydroxylation is 2. The van der Waals surface area contributed by atoms with Gasteiger partial charge in [0.25, 0.3) is 0 Å². The van der Waals surface area contributed by atoms with Gasteiger partial charge in [0.1, 0.15) is 6.33 Å². The van der Waals surface area contributed by atoms with Gasteiger partial charge in [0.2, 0.25) is 5.88 Å². The van der Waals surface area contributed by atoms with Gasteiger partial charge in [-0.1, -0.05) is 13.8 Å². The van der Waals surface area contributed by atoms with Crippen LogP contribution >= 0.6 is 0 Å². The van der Waals surface area contributed by atoms with E-state index in [-0.39, 0.29) is 0 Å². The van der Waals surface area contributed by atoms with Crippen LogP contribution in [0, 0.1) is 13.8 Å². The lowest BCUT2D eigenvalue weighted by molar-refractivity contribution is 0.402. The second-order valence-electron chi connectivity index (χ2n) is 3.13. The van der Waals surface area contributed by atoms with Crippen LogP contribution in [0.25, 0.3) is 10.9 Å². The zero-order valence-electron chi connectivity index (χ0n) is 10.4. The molecule has 0 aromatic carbocycles. The molecular formula is C12H17N3O. The number of rotatable bonds is 1. The van der Waals surface area contributed by atoms with Crippen LogP contribution in [0.4, 0.5) is 0 Å². The lowest BCUT2D eigenvalue weighted by atomic mass is 10.2. The van der Waals surface area contributed by atoms with E-state index in [2.05, 4.69) is 15.0 Å². The van der Waals surface area contributed by atoms with Crippen LogP contribution < -0.4 is 4.74 Å². The molecule has 16 heavy (non-hydrogen) atoms. The number of methoxy groups -OCH3 is 1. The van der Waals surface area contributed by atoms with Gasteiger partial charge in [0, 0.05) is 5.69 Å². The van der Waals surface area contributed by atoms with E-state index in [0.29, 0.717) is 5.88 Å². The Bertz CT molecular complexity index is 483. The normalized spacial score (nSPS) is 9.56. The number of ether oxygens (including phenoxy) is 1. The highest BCUT2D eigenvalue weighted by atomic mass is 16.5. The smallest absolute Gasteiger partial charge is 0.224 e. The highest BCUT2D eigenvalue weighted by Crippen LogP contribution is 2.24. The van der Waals surface area contributed by atoms with E-state index in [1.54, 1.807) is 13.4 Å². The molecule has 4 heteroatoms. The molecule has 0 spiro atoms. The molecule has 0 N–H and O–H groups in total. The highest BCUT2D eigenvalue weighted by molar-refractivity contribution is 5.85. The fourth-order valence-electron chi connectivity index (χ4n) is 1.46. The van der Waals surface area contributed by atoms with Crippen LogP contribution in [0.2, 0.25) is 0 Å². The Morgan fingerprint density at radius 1 is 1.12 bits per heavy atom. The summed E-state index contributed by atoms with van der Waals surface area (Å²) in [6.45, 7) is 7.84. The van der Waals surface area contributed by atoms with Crippen LogP contribution in [-0.4, -0.2) is 22.1 Å². The molecule has 0 bridgehead atoms. The van der Waals surface area contributed by atoms with Crippen molar-refractivity contribution in [1.29, 1.82) is 0 Å². The quantitative estimate of drug-likeness (QED) is 0.739. The van der Waals surface area contributed by atoms with E-state index in [1.165, 1.54) is 0 Å². The van der Waals surface area contributed by atoms with Crippen molar-refractivity contribution < 1.29 is 4.74 Å². The van der Waals surface area contributed by atoms with Crippen molar-refractivity contribution in [2.45, 2.75) is 27.7 Å². The molecule has 0 radical (unpaired) electrons. The minimum absolute atomic E-state index is 0.595. The van der Waals surface area contributed by atoms with Crippen LogP contribution in [-0.2, 0) is 0 Å². The highest BCUT2D eigenvalue weighted by Gasteiger charge is 2.08. The number of hydrogen-bond acceptors (Lipinski definition) is 4. The minimum Gasteiger partial charge on any atom is -0.480 e. The van der Waals surface area contributed by atoms with E-state index in [4.69, 9.17) is 4.74 Å². The van der Waals surface area contributed by atoms with Gasteiger partial charge in [-0.05, 0) is 19.9 Å². The molecule has 2 heterocycles. The maximum absolute atomic E-state index is 5.20. The molecule has 0 fully saturated rings. The fraction of sp³-hybridized carbons (Fsp3) is 0.417. The molecular weight excluding hydrogens is 202 g/mol. The van der Waals surface area contributed by atoms with Gasteiger partial charge >= 0.3 is 0 Å².